The van der Waals surface area contributed by atoms with Crippen LogP contribution in [0.1, 0.15) is 76.7 Å². The molecule has 0 aromatic carbocycles. The lowest BCUT2D eigenvalue weighted by Crippen LogP contribution is -2.58. The van der Waals surface area contributed by atoms with Gasteiger partial charge in [0, 0.05) is 11.5 Å². The van der Waals surface area contributed by atoms with Crippen LogP contribution >= 0.6 is 0 Å². The first-order valence-corrected chi connectivity index (χ1v) is 11.3. The molecule has 1 N–H and O–H groups in total. The molecule has 5 fully saturated rings. The van der Waals surface area contributed by atoms with Crippen LogP contribution < -0.4 is 5.63 Å². The Labute approximate surface area is 166 Å². The van der Waals surface area contributed by atoms with E-state index in [1.807, 2.05) is 6.07 Å². The summed E-state index contributed by atoms with van der Waals surface area (Å²) in [6.07, 6.45) is 11.1. The molecule has 2 heterocycles. The van der Waals surface area contributed by atoms with E-state index in [9.17, 15) is 9.90 Å². The van der Waals surface area contributed by atoms with E-state index in [4.69, 9.17) is 9.15 Å². The molecule has 4 saturated carbocycles. The third-order valence-corrected chi connectivity index (χ3v) is 10.2. The molecule has 1 spiro atoms. The zero-order valence-corrected chi connectivity index (χ0v) is 17.0. The molecule has 4 aliphatic carbocycles. The van der Waals surface area contributed by atoms with Gasteiger partial charge in [-0.25, -0.2) is 4.79 Å². The van der Waals surface area contributed by atoms with Crippen molar-refractivity contribution in [1.29, 1.82) is 0 Å². The first-order chi connectivity index (χ1) is 13.4. The first kappa shape index (κ1) is 17.7. The summed E-state index contributed by atoms with van der Waals surface area (Å²) in [6.45, 7) is 4.97. The summed E-state index contributed by atoms with van der Waals surface area (Å²) >= 11 is 0. The topological polar surface area (TPSA) is 63.0 Å². The Morgan fingerprint density at radius 3 is 2.68 bits per heavy atom. The third kappa shape index (κ3) is 2.01. The average molecular weight is 385 g/mol. The average Bonchev–Trinajstić information content (AvgIpc) is 3.33. The van der Waals surface area contributed by atoms with Crippen molar-refractivity contribution in [3.63, 3.8) is 0 Å². The van der Waals surface area contributed by atoms with Crippen molar-refractivity contribution in [3.8, 4) is 0 Å². The predicted molar refractivity (Wildman–Crippen MR) is 105 cm³/mol. The normalized spacial score (nSPS) is 54.2. The second-order valence-corrected chi connectivity index (χ2v) is 11.0. The molecule has 152 valence electrons. The molecule has 0 unspecified atom stereocenters. The molecular formula is C24H32O4. The number of hydrogen-bond donors (Lipinski definition) is 1. The Hall–Kier alpha value is -1.13. The highest BCUT2D eigenvalue weighted by atomic mass is 16.6. The van der Waals surface area contributed by atoms with Gasteiger partial charge in [-0.1, -0.05) is 13.8 Å². The fourth-order valence-corrected chi connectivity index (χ4v) is 8.74. The summed E-state index contributed by atoms with van der Waals surface area (Å²) in [7, 11) is 0. The molecule has 1 aromatic heterocycles. The Balaban J connectivity index is 1.36. The van der Waals surface area contributed by atoms with E-state index in [0.29, 0.717) is 29.3 Å². The molecule has 28 heavy (non-hydrogen) atoms. The fourth-order valence-electron chi connectivity index (χ4n) is 8.74. The maximum Gasteiger partial charge on any atom is 0.335 e. The molecule has 4 heteroatoms. The van der Waals surface area contributed by atoms with Gasteiger partial charge in [0.15, 0.2) is 0 Å². The predicted octanol–water partition coefficient (Wildman–Crippen LogP) is 4.26. The Morgan fingerprint density at radius 2 is 1.89 bits per heavy atom. The summed E-state index contributed by atoms with van der Waals surface area (Å²) in [5.41, 5.74) is 1.44. The SMILES string of the molecule is C[C@]12CC[C@H](O)C[C@H]1CC[C@H]1[C@H]2CC[C@]2(C)[C@@H](c3ccc(=O)oc3)C[C@@H]3O[C@@]312. The van der Waals surface area contributed by atoms with E-state index in [1.165, 1.54) is 37.7 Å². The van der Waals surface area contributed by atoms with Gasteiger partial charge in [-0.05, 0) is 92.1 Å². The van der Waals surface area contributed by atoms with Gasteiger partial charge in [-0.2, -0.15) is 0 Å². The molecule has 9 atom stereocenters. The van der Waals surface area contributed by atoms with Crippen molar-refractivity contribution < 1.29 is 14.3 Å². The maximum absolute atomic E-state index is 11.4. The summed E-state index contributed by atoms with van der Waals surface area (Å²) in [4.78, 5) is 11.4. The lowest BCUT2D eigenvalue weighted by atomic mass is 9.44. The summed E-state index contributed by atoms with van der Waals surface area (Å²) in [6, 6.07) is 3.55. The van der Waals surface area contributed by atoms with Crippen molar-refractivity contribution in [2.24, 2.45) is 28.6 Å². The molecule has 1 aliphatic heterocycles. The number of aliphatic hydroxyl groups is 1. The molecule has 6 rings (SSSR count). The molecule has 5 aliphatic rings. The Morgan fingerprint density at radius 1 is 1.04 bits per heavy atom. The second-order valence-electron chi connectivity index (χ2n) is 11.0. The number of epoxide rings is 1. The summed E-state index contributed by atoms with van der Waals surface area (Å²) in [5, 5.41) is 10.2. The van der Waals surface area contributed by atoms with Gasteiger partial charge in [0.25, 0.3) is 0 Å². The number of hydrogen-bond acceptors (Lipinski definition) is 4. The third-order valence-electron chi connectivity index (χ3n) is 10.2. The van der Waals surface area contributed by atoms with Gasteiger partial charge in [-0.15, -0.1) is 0 Å². The fraction of sp³-hybridized carbons (Fsp3) is 0.792. The van der Waals surface area contributed by atoms with Gasteiger partial charge in [0.05, 0.1) is 18.5 Å². The van der Waals surface area contributed by atoms with Crippen LogP contribution in [-0.2, 0) is 4.74 Å². The van der Waals surface area contributed by atoms with Gasteiger partial charge in [0.1, 0.15) is 5.60 Å². The Kier molecular flexibility index (Phi) is 3.49. The van der Waals surface area contributed by atoms with Gasteiger partial charge >= 0.3 is 5.63 Å². The van der Waals surface area contributed by atoms with Gasteiger partial charge in [-0.3, -0.25) is 0 Å². The number of fused-ring (bicyclic) bond motifs is 3. The van der Waals surface area contributed by atoms with E-state index >= 15 is 0 Å². The largest absolute Gasteiger partial charge is 0.431 e. The van der Waals surface area contributed by atoms with Crippen LogP contribution in [0.5, 0.6) is 0 Å². The zero-order chi connectivity index (χ0) is 19.3. The molecule has 4 nitrogen and oxygen atoms in total. The van der Waals surface area contributed by atoms with Crippen LogP contribution in [0.15, 0.2) is 27.6 Å². The lowest BCUT2D eigenvalue weighted by molar-refractivity contribution is -0.139. The van der Waals surface area contributed by atoms with E-state index in [2.05, 4.69) is 13.8 Å². The van der Waals surface area contributed by atoms with Crippen LogP contribution in [0, 0.1) is 28.6 Å². The standard InChI is InChI=1S/C24H32O4/c1-22-9-7-16(25)11-15(22)4-5-18-17(22)8-10-23(2)19(12-20-24(18,23)28-20)14-3-6-21(26)27-13-14/h3,6,13,15-20,25H,4-5,7-12H2,1-2H3/t15-,16+,17-,18+,19-,20+,22+,23-,24-/m1/s1. The van der Waals surface area contributed by atoms with E-state index in [-0.39, 0.29) is 22.7 Å². The minimum atomic E-state index is -0.266. The number of aliphatic hydroxyl groups excluding tert-OH is 1. The molecule has 1 aromatic rings. The summed E-state index contributed by atoms with van der Waals surface area (Å²) < 4.78 is 11.8. The van der Waals surface area contributed by atoms with Crippen LogP contribution in [0.3, 0.4) is 0 Å². The minimum absolute atomic E-state index is 0.0285. The highest BCUT2D eigenvalue weighted by Gasteiger charge is 2.80. The number of rotatable bonds is 1. The zero-order valence-electron chi connectivity index (χ0n) is 17.0. The monoisotopic (exact) mass is 384 g/mol. The maximum atomic E-state index is 11.4. The molecule has 1 saturated heterocycles. The van der Waals surface area contributed by atoms with Crippen molar-refractivity contribution in [3.05, 3.63) is 34.4 Å². The van der Waals surface area contributed by atoms with Crippen LogP contribution in [0.2, 0.25) is 0 Å². The van der Waals surface area contributed by atoms with Crippen LogP contribution in [0.4, 0.5) is 0 Å². The first-order valence-electron chi connectivity index (χ1n) is 11.3. The highest BCUT2D eigenvalue weighted by molar-refractivity contribution is 5.35. The van der Waals surface area contributed by atoms with Crippen LogP contribution in [-0.4, -0.2) is 22.9 Å². The minimum Gasteiger partial charge on any atom is -0.431 e. The second kappa shape index (κ2) is 5.51. The lowest BCUT2D eigenvalue weighted by Gasteiger charge is -2.61. The summed E-state index contributed by atoms with van der Waals surface area (Å²) in [5.74, 6) is 2.48. The van der Waals surface area contributed by atoms with Gasteiger partial charge in [0.2, 0.25) is 0 Å². The van der Waals surface area contributed by atoms with Crippen LogP contribution in [0.25, 0.3) is 0 Å². The van der Waals surface area contributed by atoms with Gasteiger partial charge < -0.3 is 14.3 Å². The van der Waals surface area contributed by atoms with Crippen molar-refractivity contribution >= 4 is 0 Å². The highest BCUT2D eigenvalue weighted by Crippen LogP contribution is 2.77. The smallest absolute Gasteiger partial charge is 0.335 e. The molecular weight excluding hydrogens is 352 g/mol. The molecule has 0 radical (unpaired) electrons. The quantitative estimate of drug-likeness (QED) is 0.735. The van der Waals surface area contributed by atoms with E-state index < -0.39 is 0 Å². The van der Waals surface area contributed by atoms with Crippen molar-refractivity contribution in [2.75, 3.05) is 0 Å². The van der Waals surface area contributed by atoms with Crippen molar-refractivity contribution in [2.45, 2.75) is 88.9 Å². The number of ether oxygens (including phenoxy) is 1. The van der Waals surface area contributed by atoms with Crippen molar-refractivity contribution in [1.82, 2.24) is 0 Å². The molecule has 0 bridgehead atoms. The van der Waals surface area contributed by atoms with E-state index in [0.717, 1.165) is 25.2 Å². The van der Waals surface area contributed by atoms with E-state index in [1.54, 1.807) is 12.3 Å². The Bertz CT molecular complexity index is 842. The molecule has 0 amide bonds.